The minimum Gasteiger partial charge on any atom is -0.478 e. The molecule has 0 unspecified atom stereocenters. The predicted octanol–water partition coefficient (Wildman–Crippen LogP) is 3.97. The molecule has 0 radical (unpaired) electrons. The Kier molecular flexibility index (Phi) is 8.15. The molecular weight excluding hydrogens is 593 g/mol. The molecule has 3 aliphatic rings. The molecule has 10 nitrogen and oxygen atoms in total. The number of carboxylic acids is 1. The number of nitrogens with zero attached hydrogens (tertiary/aromatic N) is 3. The molecule has 2 amide bonds. The Morgan fingerprint density at radius 3 is 2.57 bits per heavy atom. The van der Waals surface area contributed by atoms with Crippen molar-refractivity contribution >= 4 is 46.6 Å². The average molecular weight is 620 g/mol. The maximum absolute atomic E-state index is 14.7. The van der Waals surface area contributed by atoms with Crippen LogP contribution in [-0.2, 0) is 36.8 Å². The highest BCUT2D eigenvalue weighted by Crippen LogP contribution is 2.38. The van der Waals surface area contributed by atoms with E-state index in [4.69, 9.17) is 21.2 Å². The first kappa shape index (κ1) is 29.5. The normalized spacial score (nSPS) is 19.7. The first-order valence-electron chi connectivity index (χ1n) is 14.1. The smallest absolute Gasteiger partial charge is 0.335 e. The first-order chi connectivity index (χ1) is 21.2. The van der Waals surface area contributed by atoms with Gasteiger partial charge in [0.15, 0.2) is 11.6 Å². The van der Waals surface area contributed by atoms with E-state index in [2.05, 4.69) is 5.16 Å². The van der Waals surface area contributed by atoms with Gasteiger partial charge in [-0.2, -0.15) is 0 Å². The summed E-state index contributed by atoms with van der Waals surface area (Å²) in [6.45, 7) is 0.861. The van der Waals surface area contributed by atoms with E-state index >= 15 is 0 Å². The van der Waals surface area contributed by atoms with Gasteiger partial charge in [0.25, 0.3) is 11.8 Å². The molecule has 1 N–H and O–H groups in total. The molecule has 0 aliphatic carbocycles. The van der Waals surface area contributed by atoms with Crippen LogP contribution in [0.3, 0.4) is 0 Å². The highest BCUT2D eigenvalue weighted by molar-refractivity contribution is 6.31. The van der Waals surface area contributed by atoms with Gasteiger partial charge in [-0.1, -0.05) is 47.1 Å². The van der Waals surface area contributed by atoms with E-state index in [1.165, 1.54) is 29.2 Å². The van der Waals surface area contributed by atoms with Gasteiger partial charge in [-0.25, -0.2) is 9.18 Å². The number of oxime groups is 1. The van der Waals surface area contributed by atoms with E-state index in [1.807, 2.05) is 6.07 Å². The summed E-state index contributed by atoms with van der Waals surface area (Å²) in [5.41, 5.74) is 3.09. The third-order valence-electron chi connectivity index (χ3n) is 8.05. The van der Waals surface area contributed by atoms with Crippen LogP contribution < -0.4 is 4.90 Å². The van der Waals surface area contributed by atoms with Crippen molar-refractivity contribution < 1.29 is 38.2 Å². The van der Waals surface area contributed by atoms with Crippen molar-refractivity contribution in [3.05, 3.63) is 99.3 Å². The van der Waals surface area contributed by atoms with E-state index in [9.17, 15) is 28.7 Å². The number of rotatable bonds is 7. The Hall–Kier alpha value is -4.61. The predicted molar refractivity (Wildman–Crippen MR) is 157 cm³/mol. The lowest BCUT2D eigenvalue weighted by Crippen LogP contribution is -2.49. The first-order valence-corrected chi connectivity index (χ1v) is 14.4. The van der Waals surface area contributed by atoms with Crippen LogP contribution in [0.4, 0.5) is 10.1 Å². The fourth-order valence-electron chi connectivity index (χ4n) is 5.90. The van der Waals surface area contributed by atoms with Crippen LogP contribution in [0.1, 0.15) is 45.1 Å². The summed E-state index contributed by atoms with van der Waals surface area (Å²) in [6.07, 6.45) is -0.795. The number of morpholine rings is 1. The number of benzene rings is 3. The molecule has 3 aliphatic heterocycles. The van der Waals surface area contributed by atoms with Crippen LogP contribution in [-0.4, -0.2) is 71.7 Å². The summed E-state index contributed by atoms with van der Waals surface area (Å²) in [4.78, 5) is 60.6. The zero-order valence-electron chi connectivity index (χ0n) is 23.4. The summed E-state index contributed by atoms with van der Waals surface area (Å²) in [6, 6.07) is 14.8. The largest absolute Gasteiger partial charge is 0.478 e. The highest BCUT2D eigenvalue weighted by atomic mass is 35.5. The Bertz CT molecular complexity index is 1690. The summed E-state index contributed by atoms with van der Waals surface area (Å²) < 4.78 is 20.0. The third kappa shape index (κ3) is 5.56. The van der Waals surface area contributed by atoms with E-state index in [1.54, 1.807) is 35.2 Å². The molecule has 0 bridgehead atoms. The molecular formula is C32H27ClFN3O7. The van der Waals surface area contributed by atoms with Crippen molar-refractivity contribution in [3.63, 3.8) is 0 Å². The molecule has 1 fully saturated rings. The van der Waals surface area contributed by atoms with Gasteiger partial charge in [0.05, 0.1) is 22.9 Å². The second kappa shape index (κ2) is 12.2. The van der Waals surface area contributed by atoms with Crippen LogP contribution in [0.25, 0.3) is 0 Å². The quantitative estimate of drug-likeness (QED) is 0.424. The van der Waals surface area contributed by atoms with Crippen LogP contribution >= 0.6 is 11.6 Å². The Balaban J connectivity index is 1.32. The zero-order valence-corrected chi connectivity index (χ0v) is 24.1. The molecule has 12 heteroatoms. The summed E-state index contributed by atoms with van der Waals surface area (Å²) in [5.74, 6) is -2.72. The van der Waals surface area contributed by atoms with Crippen molar-refractivity contribution in [2.75, 3.05) is 31.2 Å². The standard InChI is InChI=1S/C32H27ClFN3O7/c33-23-5-1-4-22(29(23)34)24-16-27(44-35-24)31(40)37-12-11-20-21(3-2-6-25(20)36-13-14-43-17-28(36)39)30(37)26(38)15-18-7-9-19(10-8-18)32(41)42/h1-10,27,30H,11-17H2,(H,41,42)/t27-,30+/m1/s1. The number of fused-ring (bicyclic) bond motifs is 1. The molecule has 3 aromatic rings. The van der Waals surface area contributed by atoms with Gasteiger partial charge in [-0.05, 0) is 53.4 Å². The number of Topliss-reactive ketones (excluding diaryl/α,β-unsaturated/α-hetero) is 1. The van der Waals surface area contributed by atoms with Gasteiger partial charge < -0.3 is 24.5 Å². The second-order valence-corrected chi connectivity index (χ2v) is 11.1. The number of carbonyl (C=O) groups excluding carboxylic acids is 3. The van der Waals surface area contributed by atoms with Crippen molar-refractivity contribution in [3.8, 4) is 0 Å². The number of ether oxygens (including phenoxy) is 1. The molecule has 0 aromatic heterocycles. The number of hydrogen-bond donors (Lipinski definition) is 1. The molecule has 0 spiro atoms. The van der Waals surface area contributed by atoms with Crippen LogP contribution in [0.2, 0.25) is 5.02 Å². The van der Waals surface area contributed by atoms with Crippen LogP contribution in [0.5, 0.6) is 0 Å². The van der Waals surface area contributed by atoms with Crippen molar-refractivity contribution in [1.82, 2.24) is 4.90 Å². The number of halogens is 2. The number of aromatic carboxylic acids is 1. The molecule has 3 aromatic carbocycles. The molecule has 3 heterocycles. The van der Waals surface area contributed by atoms with E-state index < -0.39 is 29.8 Å². The molecule has 0 saturated carbocycles. The minimum absolute atomic E-state index is 0.0146. The van der Waals surface area contributed by atoms with Gasteiger partial charge in [-0.15, -0.1) is 0 Å². The lowest BCUT2D eigenvalue weighted by molar-refractivity contribution is -0.149. The van der Waals surface area contributed by atoms with Gasteiger partial charge in [0, 0.05) is 37.2 Å². The molecule has 226 valence electrons. The second-order valence-electron chi connectivity index (χ2n) is 10.7. The summed E-state index contributed by atoms with van der Waals surface area (Å²) in [5, 5.41) is 13.1. The zero-order chi connectivity index (χ0) is 31.0. The topological polar surface area (TPSA) is 126 Å². The Morgan fingerprint density at radius 2 is 1.82 bits per heavy atom. The third-order valence-corrected chi connectivity index (χ3v) is 8.34. The van der Waals surface area contributed by atoms with Gasteiger partial charge in [0.1, 0.15) is 12.6 Å². The van der Waals surface area contributed by atoms with Crippen LogP contribution in [0, 0.1) is 5.82 Å². The van der Waals surface area contributed by atoms with E-state index in [0.29, 0.717) is 36.4 Å². The fourth-order valence-corrected chi connectivity index (χ4v) is 6.08. The summed E-state index contributed by atoms with van der Waals surface area (Å²) in [7, 11) is 0. The van der Waals surface area contributed by atoms with Crippen molar-refractivity contribution in [2.45, 2.75) is 31.4 Å². The number of hydrogen-bond acceptors (Lipinski definition) is 7. The van der Waals surface area contributed by atoms with Crippen molar-refractivity contribution in [2.24, 2.45) is 5.16 Å². The van der Waals surface area contributed by atoms with E-state index in [-0.39, 0.29) is 59.5 Å². The lowest BCUT2D eigenvalue weighted by atomic mass is 9.86. The fraction of sp³-hybridized carbons (Fsp3) is 0.281. The van der Waals surface area contributed by atoms with Crippen LogP contribution in [0.15, 0.2) is 65.8 Å². The minimum atomic E-state index is -1.08. The molecule has 2 atom stereocenters. The Labute approximate surface area is 256 Å². The average Bonchev–Trinajstić information content (AvgIpc) is 3.52. The van der Waals surface area contributed by atoms with Gasteiger partial charge in [-0.3, -0.25) is 14.4 Å². The molecule has 44 heavy (non-hydrogen) atoms. The maximum atomic E-state index is 14.7. The maximum Gasteiger partial charge on any atom is 0.335 e. The number of carbonyl (C=O) groups is 4. The van der Waals surface area contributed by atoms with E-state index in [0.717, 1.165) is 5.56 Å². The van der Waals surface area contributed by atoms with Gasteiger partial charge >= 0.3 is 5.97 Å². The van der Waals surface area contributed by atoms with Crippen molar-refractivity contribution in [1.29, 1.82) is 0 Å². The highest BCUT2D eigenvalue weighted by Gasteiger charge is 2.42. The molecule has 1 saturated heterocycles. The SMILES string of the molecule is O=C(O)c1ccc(CC(=O)[C@@H]2c3cccc(N4CCOCC4=O)c3CCN2C(=O)[C@H]2CC(c3cccc(Cl)c3F)=NO2)cc1. The lowest BCUT2D eigenvalue weighted by Gasteiger charge is -2.39. The van der Waals surface area contributed by atoms with Gasteiger partial charge in [0.2, 0.25) is 6.10 Å². The number of amides is 2. The summed E-state index contributed by atoms with van der Waals surface area (Å²) >= 11 is 5.94. The molecule has 6 rings (SSSR count). The number of ketones is 1. The number of carboxylic acid groups (broad SMARTS) is 1. The monoisotopic (exact) mass is 619 g/mol. The Morgan fingerprint density at radius 1 is 1.05 bits per heavy atom. The number of anilines is 1.